The molecule has 0 amide bonds. The highest BCUT2D eigenvalue weighted by Crippen LogP contribution is 2.30. The summed E-state index contributed by atoms with van der Waals surface area (Å²) in [4.78, 5) is 7.93. The first-order chi connectivity index (χ1) is 9.95. The quantitative estimate of drug-likeness (QED) is 0.942. The Morgan fingerprint density at radius 2 is 1.95 bits per heavy atom. The SMILES string of the molecule is CNC(c1cncc(OC)c1)c1ccc(C(F)(F)F)cn1. The first-order valence-corrected chi connectivity index (χ1v) is 6.15. The van der Waals surface area contributed by atoms with Gasteiger partial charge in [-0.15, -0.1) is 0 Å². The Morgan fingerprint density at radius 3 is 2.48 bits per heavy atom. The minimum atomic E-state index is -4.39. The summed E-state index contributed by atoms with van der Waals surface area (Å²) in [5, 5.41) is 3.00. The number of halogens is 3. The van der Waals surface area contributed by atoms with Gasteiger partial charge in [-0.1, -0.05) is 0 Å². The third-order valence-electron chi connectivity index (χ3n) is 3.00. The van der Waals surface area contributed by atoms with E-state index in [1.165, 1.54) is 13.2 Å². The Hall–Kier alpha value is -2.15. The van der Waals surface area contributed by atoms with Gasteiger partial charge in [-0.05, 0) is 30.8 Å². The highest BCUT2D eigenvalue weighted by atomic mass is 19.4. The highest BCUT2D eigenvalue weighted by Gasteiger charge is 2.31. The Bertz CT molecular complexity index is 599. The number of alkyl halides is 3. The van der Waals surface area contributed by atoms with E-state index in [0.29, 0.717) is 11.4 Å². The predicted octanol–water partition coefficient (Wildman–Crippen LogP) is 2.81. The monoisotopic (exact) mass is 297 g/mol. The van der Waals surface area contributed by atoms with Crippen molar-refractivity contribution in [3.8, 4) is 5.75 Å². The average molecular weight is 297 g/mol. The second-order valence-corrected chi connectivity index (χ2v) is 4.35. The van der Waals surface area contributed by atoms with Crippen molar-refractivity contribution in [2.75, 3.05) is 14.2 Å². The standard InChI is InChI=1S/C14H14F3N3O/c1-18-13(9-5-11(21-2)8-19-6-9)12-4-3-10(7-20-12)14(15,16)17/h3-8,13,18H,1-2H3. The van der Waals surface area contributed by atoms with Gasteiger partial charge in [0, 0.05) is 12.4 Å². The largest absolute Gasteiger partial charge is 0.495 e. The van der Waals surface area contributed by atoms with E-state index in [1.807, 2.05) is 0 Å². The molecule has 0 radical (unpaired) electrons. The number of pyridine rings is 2. The number of nitrogens with zero attached hydrogens (tertiary/aromatic N) is 2. The molecule has 0 aliphatic carbocycles. The average Bonchev–Trinajstić information content (AvgIpc) is 2.48. The van der Waals surface area contributed by atoms with Crippen molar-refractivity contribution in [2.45, 2.75) is 12.2 Å². The summed E-state index contributed by atoms with van der Waals surface area (Å²) in [6, 6.07) is 3.76. The van der Waals surface area contributed by atoms with Crippen LogP contribution in [0.3, 0.4) is 0 Å². The smallest absolute Gasteiger partial charge is 0.417 e. The topological polar surface area (TPSA) is 47.0 Å². The first-order valence-electron chi connectivity index (χ1n) is 6.15. The van der Waals surface area contributed by atoms with E-state index in [1.54, 1.807) is 25.5 Å². The van der Waals surface area contributed by atoms with Crippen LogP contribution in [0.5, 0.6) is 5.75 Å². The van der Waals surface area contributed by atoms with E-state index < -0.39 is 11.7 Å². The fourth-order valence-corrected chi connectivity index (χ4v) is 1.93. The molecule has 0 aromatic carbocycles. The third-order valence-corrected chi connectivity index (χ3v) is 3.00. The number of rotatable bonds is 4. The van der Waals surface area contributed by atoms with Gasteiger partial charge in [0.15, 0.2) is 0 Å². The summed E-state index contributed by atoms with van der Waals surface area (Å²) in [5.74, 6) is 0.569. The molecule has 4 nitrogen and oxygen atoms in total. The van der Waals surface area contributed by atoms with Gasteiger partial charge in [0.25, 0.3) is 0 Å². The molecule has 0 saturated heterocycles. The van der Waals surface area contributed by atoms with E-state index in [0.717, 1.165) is 17.8 Å². The van der Waals surface area contributed by atoms with Gasteiger partial charge in [-0.3, -0.25) is 9.97 Å². The van der Waals surface area contributed by atoms with E-state index in [-0.39, 0.29) is 6.04 Å². The molecule has 2 aromatic rings. The third kappa shape index (κ3) is 3.49. The lowest BCUT2D eigenvalue weighted by Crippen LogP contribution is -2.19. The Labute approximate surface area is 120 Å². The van der Waals surface area contributed by atoms with Crippen LogP contribution in [-0.4, -0.2) is 24.1 Å². The van der Waals surface area contributed by atoms with Crippen LogP contribution >= 0.6 is 0 Å². The molecular weight excluding hydrogens is 283 g/mol. The molecule has 1 unspecified atom stereocenters. The molecule has 0 aliphatic heterocycles. The molecular formula is C14H14F3N3O. The lowest BCUT2D eigenvalue weighted by molar-refractivity contribution is -0.137. The van der Waals surface area contributed by atoms with Gasteiger partial charge in [0.2, 0.25) is 0 Å². The molecule has 7 heteroatoms. The zero-order valence-electron chi connectivity index (χ0n) is 11.5. The fraction of sp³-hybridized carbons (Fsp3) is 0.286. The molecule has 2 heterocycles. The maximum atomic E-state index is 12.5. The minimum Gasteiger partial charge on any atom is -0.495 e. The fourth-order valence-electron chi connectivity index (χ4n) is 1.93. The Kier molecular flexibility index (Phi) is 4.42. The number of nitrogens with one attached hydrogen (secondary N) is 1. The second-order valence-electron chi connectivity index (χ2n) is 4.35. The highest BCUT2D eigenvalue weighted by molar-refractivity contribution is 5.32. The van der Waals surface area contributed by atoms with Gasteiger partial charge in [-0.2, -0.15) is 13.2 Å². The summed E-state index contributed by atoms with van der Waals surface area (Å²) in [6.07, 6.45) is -0.398. The summed E-state index contributed by atoms with van der Waals surface area (Å²) < 4.78 is 42.7. The number of methoxy groups -OCH3 is 1. The van der Waals surface area contributed by atoms with E-state index in [2.05, 4.69) is 15.3 Å². The number of ether oxygens (including phenoxy) is 1. The van der Waals surface area contributed by atoms with Crippen molar-refractivity contribution >= 4 is 0 Å². The predicted molar refractivity (Wildman–Crippen MR) is 70.9 cm³/mol. The van der Waals surface area contributed by atoms with Crippen LogP contribution in [0.4, 0.5) is 13.2 Å². The minimum absolute atomic E-state index is 0.366. The van der Waals surface area contributed by atoms with Crippen LogP contribution in [0.1, 0.15) is 22.9 Å². The lowest BCUT2D eigenvalue weighted by atomic mass is 10.0. The van der Waals surface area contributed by atoms with Crippen LogP contribution in [0.2, 0.25) is 0 Å². The summed E-state index contributed by atoms with van der Waals surface area (Å²) in [5.41, 5.74) is 0.453. The number of hydrogen-bond donors (Lipinski definition) is 1. The van der Waals surface area contributed by atoms with E-state index in [9.17, 15) is 13.2 Å². The zero-order valence-corrected chi connectivity index (χ0v) is 11.5. The molecule has 112 valence electrons. The Balaban J connectivity index is 2.32. The van der Waals surface area contributed by atoms with Crippen molar-refractivity contribution in [2.24, 2.45) is 0 Å². The van der Waals surface area contributed by atoms with Gasteiger partial charge >= 0.3 is 6.18 Å². The maximum Gasteiger partial charge on any atom is 0.417 e. The molecule has 2 rings (SSSR count). The van der Waals surface area contributed by atoms with Crippen molar-refractivity contribution in [1.82, 2.24) is 15.3 Å². The van der Waals surface area contributed by atoms with Crippen molar-refractivity contribution in [3.05, 3.63) is 53.6 Å². The summed E-state index contributed by atoms with van der Waals surface area (Å²) >= 11 is 0. The van der Waals surface area contributed by atoms with Crippen LogP contribution in [-0.2, 0) is 6.18 Å². The van der Waals surface area contributed by atoms with Crippen LogP contribution in [0.15, 0.2) is 36.8 Å². The molecule has 0 fully saturated rings. The molecule has 1 atom stereocenters. The van der Waals surface area contributed by atoms with Gasteiger partial charge in [0.1, 0.15) is 5.75 Å². The van der Waals surface area contributed by atoms with Crippen LogP contribution in [0.25, 0.3) is 0 Å². The normalized spacial score (nSPS) is 13.0. The summed E-state index contributed by atoms with van der Waals surface area (Å²) in [6.45, 7) is 0. The van der Waals surface area contributed by atoms with Gasteiger partial charge < -0.3 is 10.1 Å². The number of hydrogen-bond acceptors (Lipinski definition) is 4. The molecule has 0 spiro atoms. The van der Waals surface area contributed by atoms with E-state index in [4.69, 9.17) is 4.74 Å². The van der Waals surface area contributed by atoms with Crippen molar-refractivity contribution in [3.63, 3.8) is 0 Å². The van der Waals surface area contributed by atoms with Crippen LogP contribution < -0.4 is 10.1 Å². The molecule has 0 aliphatic rings. The first kappa shape index (κ1) is 15.2. The second kappa shape index (κ2) is 6.09. The van der Waals surface area contributed by atoms with Gasteiger partial charge in [0.05, 0.1) is 30.6 Å². The molecule has 0 saturated carbocycles. The molecule has 0 bridgehead atoms. The molecule has 2 aromatic heterocycles. The number of aromatic nitrogens is 2. The lowest BCUT2D eigenvalue weighted by Gasteiger charge is -2.17. The molecule has 21 heavy (non-hydrogen) atoms. The Morgan fingerprint density at radius 1 is 1.19 bits per heavy atom. The maximum absolute atomic E-state index is 12.5. The summed E-state index contributed by atoms with van der Waals surface area (Å²) in [7, 11) is 3.22. The van der Waals surface area contributed by atoms with Gasteiger partial charge in [-0.25, -0.2) is 0 Å². The zero-order chi connectivity index (χ0) is 15.5. The van der Waals surface area contributed by atoms with Crippen LogP contribution in [0, 0.1) is 0 Å². The molecule has 1 N–H and O–H groups in total. The van der Waals surface area contributed by atoms with Crippen molar-refractivity contribution in [1.29, 1.82) is 0 Å². The van der Waals surface area contributed by atoms with Crippen molar-refractivity contribution < 1.29 is 17.9 Å². The van der Waals surface area contributed by atoms with E-state index >= 15 is 0 Å².